The molecule has 0 saturated carbocycles. The fourth-order valence-electron chi connectivity index (χ4n) is 5.53. The Bertz CT molecular complexity index is 973. The van der Waals surface area contributed by atoms with Crippen LogP contribution in [0.5, 0.6) is 11.5 Å². The third-order valence-corrected chi connectivity index (χ3v) is 7.37. The van der Waals surface area contributed by atoms with Crippen LogP contribution in [0.15, 0.2) is 36.4 Å². The van der Waals surface area contributed by atoms with Gasteiger partial charge in [-0.15, -0.1) is 12.4 Å². The average molecular weight is 486 g/mol. The fraction of sp³-hybridized carbons (Fsp3) is 0.571. The number of benzene rings is 2. The van der Waals surface area contributed by atoms with Gasteiger partial charge < -0.3 is 14.0 Å². The monoisotopic (exact) mass is 485 g/mol. The van der Waals surface area contributed by atoms with Crippen LogP contribution in [0.1, 0.15) is 45.4 Å². The maximum Gasteiger partial charge on any atom is 0.120 e. The van der Waals surface area contributed by atoms with E-state index in [-0.39, 0.29) is 12.4 Å². The molecule has 2 aliphatic rings. The zero-order valence-electron chi connectivity index (χ0n) is 20.6. The summed E-state index contributed by atoms with van der Waals surface area (Å²) in [6.45, 7) is 11.6. The Morgan fingerprint density at radius 1 is 0.647 bits per heavy atom. The minimum absolute atomic E-state index is 0. The van der Waals surface area contributed by atoms with Crippen LogP contribution in [-0.4, -0.2) is 66.8 Å². The molecular formula is C28H40ClN3O2. The number of hydrogen-bond donors (Lipinski definition) is 0. The fourth-order valence-corrected chi connectivity index (χ4v) is 5.53. The maximum atomic E-state index is 6.18. The lowest BCUT2D eigenvalue weighted by molar-refractivity contribution is 0.183. The summed E-state index contributed by atoms with van der Waals surface area (Å²) in [5, 5.41) is 2.51. The molecule has 2 aliphatic heterocycles. The van der Waals surface area contributed by atoms with Crippen LogP contribution in [0.25, 0.3) is 21.8 Å². The summed E-state index contributed by atoms with van der Waals surface area (Å²) < 4.78 is 14.8. The Balaban J connectivity index is 0.00000274. The molecule has 2 aromatic carbocycles. The van der Waals surface area contributed by atoms with E-state index in [2.05, 4.69) is 57.7 Å². The summed E-state index contributed by atoms with van der Waals surface area (Å²) >= 11 is 0. The van der Waals surface area contributed by atoms with Gasteiger partial charge in [-0.1, -0.05) is 12.8 Å². The third kappa shape index (κ3) is 5.81. The number of likely N-dealkylation sites (tertiary alicyclic amines) is 2. The van der Waals surface area contributed by atoms with Crippen LogP contribution in [0.4, 0.5) is 0 Å². The van der Waals surface area contributed by atoms with Crippen molar-refractivity contribution in [1.29, 1.82) is 0 Å². The first-order chi connectivity index (χ1) is 16.3. The summed E-state index contributed by atoms with van der Waals surface area (Å²) in [5.74, 6) is 1.93. The third-order valence-electron chi connectivity index (χ3n) is 7.37. The van der Waals surface area contributed by atoms with Crippen molar-refractivity contribution in [3.8, 4) is 11.5 Å². The molecule has 5 rings (SSSR count). The van der Waals surface area contributed by atoms with Gasteiger partial charge in [0.25, 0.3) is 0 Å². The second kappa shape index (κ2) is 12.1. The number of hydrogen-bond acceptors (Lipinski definition) is 4. The first-order valence-electron chi connectivity index (χ1n) is 13.1. The van der Waals surface area contributed by atoms with Gasteiger partial charge in [0.05, 0.1) is 0 Å². The van der Waals surface area contributed by atoms with E-state index in [1.165, 1.54) is 86.5 Å². The minimum atomic E-state index is 0. The standard InChI is InChI=1S/C28H39N3O2.ClH/c1-2-31-27-11-9-23(32-19-17-29-13-5-3-6-14-29)21-25(27)26-22-24(10-12-28(26)31)33-20-18-30-15-7-4-8-16-30;/h9-12,21-22H,2-8,13-20H2,1H3;1H. The van der Waals surface area contributed by atoms with Crippen molar-refractivity contribution < 1.29 is 9.47 Å². The van der Waals surface area contributed by atoms with Gasteiger partial charge in [0.2, 0.25) is 0 Å². The van der Waals surface area contributed by atoms with Crippen molar-refractivity contribution in [2.24, 2.45) is 0 Å². The molecule has 5 nitrogen and oxygen atoms in total. The van der Waals surface area contributed by atoms with E-state index in [0.29, 0.717) is 0 Å². The van der Waals surface area contributed by atoms with E-state index >= 15 is 0 Å². The SMILES string of the molecule is CCn1c2ccc(OCCN3CCCCC3)cc2c2cc(OCCN3CCCCC3)ccc21.Cl. The van der Waals surface area contributed by atoms with Gasteiger partial charge >= 0.3 is 0 Å². The van der Waals surface area contributed by atoms with Gasteiger partial charge in [0, 0.05) is 41.4 Å². The van der Waals surface area contributed by atoms with E-state index in [1.807, 2.05) is 0 Å². The Morgan fingerprint density at radius 3 is 1.50 bits per heavy atom. The zero-order chi connectivity index (χ0) is 22.5. The molecule has 3 heterocycles. The predicted octanol–water partition coefficient (Wildman–Crippen LogP) is 5.97. The maximum absolute atomic E-state index is 6.18. The summed E-state index contributed by atoms with van der Waals surface area (Å²) in [6.07, 6.45) is 8.05. The Kier molecular flexibility index (Phi) is 8.98. The topological polar surface area (TPSA) is 29.9 Å². The highest BCUT2D eigenvalue weighted by atomic mass is 35.5. The number of nitrogens with zero attached hydrogens (tertiary/aromatic N) is 3. The van der Waals surface area contributed by atoms with Gasteiger partial charge in [0.1, 0.15) is 24.7 Å². The molecule has 0 aliphatic carbocycles. The van der Waals surface area contributed by atoms with Crippen LogP contribution < -0.4 is 9.47 Å². The average Bonchev–Trinajstić information content (AvgIpc) is 3.18. The highest BCUT2D eigenvalue weighted by molar-refractivity contribution is 6.09. The van der Waals surface area contributed by atoms with E-state index in [4.69, 9.17) is 9.47 Å². The molecule has 0 atom stereocenters. The molecule has 6 heteroatoms. The second-order valence-corrected chi connectivity index (χ2v) is 9.60. The first-order valence-corrected chi connectivity index (χ1v) is 13.1. The lowest BCUT2D eigenvalue weighted by Gasteiger charge is -2.26. The number of aryl methyl sites for hydroxylation is 1. The van der Waals surface area contributed by atoms with Crippen molar-refractivity contribution in [1.82, 2.24) is 14.4 Å². The number of rotatable bonds is 9. The van der Waals surface area contributed by atoms with Crippen molar-refractivity contribution in [3.05, 3.63) is 36.4 Å². The Labute approximate surface area is 210 Å². The Hall–Kier alpha value is -1.95. The molecule has 2 saturated heterocycles. The van der Waals surface area contributed by atoms with Crippen LogP contribution in [0, 0.1) is 0 Å². The van der Waals surface area contributed by atoms with Crippen molar-refractivity contribution in [2.75, 3.05) is 52.5 Å². The van der Waals surface area contributed by atoms with E-state index in [1.54, 1.807) is 0 Å². The molecule has 0 spiro atoms. The van der Waals surface area contributed by atoms with Crippen LogP contribution in [0.3, 0.4) is 0 Å². The number of aromatic nitrogens is 1. The van der Waals surface area contributed by atoms with Gasteiger partial charge in [0.15, 0.2) is 0 Å². The lowest BCUT2D eigenvalue weighted by Crippen LogP contribution is -2.33. The van der Waals surface area contributed by atoms with Gasteiger partial charge in [-0.2, -0.15) is 0 Å². The van der Waals surface area contributed by atoms with Crippen LogP contribution >= 0.6 is 12.4 Å². The highest BCUT2D eigenvalue weighted by Crippen LogP contribution is 2.34. The summed E-state index contributed by atoms with van der Waals surface area (Å²) in [7, 11) is 0. The van der Waals surface area contributed by atoms with Crippen LogP contribution in [-0.2, 0) is 6.54 Å². The molecule has 3 aromatic rings. The molecule has 186 valence electrons. The normalized spacial score (nSPS) is 17.7. The quantitative estimate of drug-likeness (QED) is 0.373. The minimum Gasteiger partial charge on any atom is -0.492 e. The van der Waals surface area contributed by atoms with Gasteiger partial charge in [-0.25, -0.2) is 0 Å². The molecule has 2 fully saturated rings. The zero-order valence-corrected chi connectivity index (χ0v) is 21.5. The second-order valence-electron chi connectivity index (χ2n) is 9.60. The molecule has 0 amide bonds. The largest absolute Gasteiger partial charge is 0.492 e. The molecule has 0 N–H and O–H groups in total. The molecule has 0 radical (unpaired) electrons. The first kappa shape index (κ1) is 25.2. The number of ether oxygens (including phenoxy) is 2. The van der Waals surface area contributed by atoms with Crippen molar-refractivity contribution >= 4 is 34.2 Å². The summed E-state index contributed by atoms with van der Waals surface area (Å²) in [6, 6.07) is 13.1. The van der Waals surface area contributed by atoms with Crippen molar-refractivity contribution in [2.45, 2.75) is 52.0 Å². The molecule has 0 unspecified atom stereocenters. The smallest absolute Gasteiger partial charge is 0.120 e. The molecule has 0 bridgehead atoms. The number of piperidine rings is 2. The lowest BCUT2D eigenvalue weighted by atomic mass is 10.1. The van der Waals surface area contributed by atoms with Gasteiger partial charge in [-0.05, 0) is 95.2 Å². The van der Waals surface area contributed by atoms with Gasteiger partial charge in [-0.3, -0.25) is 9.80 Å². The van der Waals surface area contributed by atoms with E-state index in [0.717, 1.165) is 44.3 Å². The van der Waals surface area contributed by atoms with Crippen molar-refractivity contribution in [3.63, 3.8) is 0 Å². The Morgan fingerprint density at radius 2 is 1.09 bits per heavy atom. The predicted molar refractivity (Wildman–Crippen MR) is 144 cm³/mol. The number of fused-ring (bicyclic) bond motifs is 3. The molecule has 34 heavy (non-hydrogen) atoms. The molecular weight excluding hydrogens is 446 g/mol. The molecule has 1 aromatic heterocycles. The van der Waals surface area contributed by atoms with Crippen LogP contribution in [0.2, 0.25) is 0 Å². The highest BCUT2D eigenvalue weighted by Gasteiger charge is 2.14. The van der Waals surface area contributed by atoms with E-state index in [9.17, 15) is 0 Å². The van der Waals surface area contributed by atoms with E-state index < -0.39 is 0 Å². The number of halogens is 1. The summed E-state index contributed by atoms with van der Waals surface area (Å²) in [4.78, 5) is 5.05. The summed E-state index contributed by atoms with van der Waals surface area (Å²) in [5.41, 5.74) is 2.53.